The van der Waals surface area contributed by atoms with Crippen LogP contribution in [0.2, 0.25) is 0 Å². The number of thioether (sulfide) groups is 1. The Morgan fingerprint density at radius 2 is 2.17 bits per heavy atom. The van der Waals surface area contributed by atoms with Crippen LogP contribution in [0.25, 0.3) is 0 Å². The SMILES string of the molecule is O=C(C[C@H]1SCCNC1=O)Nc1ccc(Br)cc1. The maximum atomic E-state index is 11.8. The fourth-order valence-electron chi connectivity index (χ4n) is 1.63. The van der Waals surface area contributed by atoms with Crippen LogP contribution in [0.1, 0.15) is 6.42 Å². The standard InChI is InChI=1S/C12H13BrN2O2S/c13-8-1-3-9(4-2-8)15-11(16)7-10-12(17)14-5-6-18-10/h1-4,10H,5-7H2,(H,14,17)(H,15,16)/t10-/m1/s1. The minimum Gasteiger partial charge on any atom is -0.354 e. The van der Waals surface area contributed by atoms with Gasteiger partial charge in [0.25, 0.3) is 0 Å². The molecular formula is C12H13BrN2O2S. The number of nitrogens with one attached hydrogen (secondary N) is 2. The van der Waals surface area contributed by atoms with E-state index in [0.29, 0.717) is 6.54 Å². The lowest BCUT2D eigenvalue weighted by molar-refractivity contribution is -0.123. The van der Waals surface area contributed by atoms with Crippen molar-refractivity contribution in [3.05, 3.63) is 28.7 Å². The molecule has 1 heterocycles. The van der Waals surface area contributed by atoms with E-state index < -0.39 is 0 Å². The second-order valence-electron chi connectivity index (χ2n) is 3.91. The number of hydrogen-bond acceptors (Lipinski definition) is 3. The number of rotatable bonds is 3. The van der Waals surface area contributed by atoms with Crippen molar-refractivity contribution in [3.63, 3.8) is 0 Å². The molecule has 0 aromatic heterocycles. The van der Waals surface area contributed by atoms with Crippen LogP contribution < -0.4 is 10.6 Å². The van der Waals surface area contributed by atoms with E-state index in [4.69, 9.17) is 0 Å². The largest absolute Gasteiger partial charge is 0.354 e. The van der Waals surface area contributed by atoms with E-state index in [9.17, 15) is 9.59 Å². The summed E-state index contributed by atoms with van der Waals surface area (Å²) in [6.45, 7) is 0.689. The van der Waals surface area contributed by atoms with Gasteiger partial charge < -0.3 is 10.6 Å². The molecule has 0 saturated carbocycles. The summed E-state index contributed by atoms with van der Waals surface area (Å²) in [5.74, 6) is 0.686. The Hall–Kier alpha value is -1.01. The highest BCUT2D eigenvalue weighted by Crippen LogP contribution is 2.19. The van der Waals surface area contributed by atoms with Gasteiger partial charge in [-0.25, -0.2) is 0 Å². The second kappa shape index (κ2) is 6.24. The summed E-state index contributed by atoms with van der Waals surface area (Å²) in [6.07, 6.45) is 0.215. The van der Waals surface area contributed by atoms with Crippen molar-refractivity contribution in [1.29, 1.82) is 0 Å². The molecule has 0 unspecified atom stereocenters. The van der Waals surface area contributed by atoms with Crippen LogP contribution in [0.3, 0.4) is 0 Å². The molecule has 6 heteroatoms. The number of carbonyl (C=O) groups excluding carboxylic acids is 2. The average molecular weight is 329 g/mol. The smallest absolute Gasteiger partial charge is 0.233 e. The molecule has 0 radical (unpaired) electrons. The van der Waals surface area contributed by atoms with Crippen LogP contribution in [-0.2, 0) is 9.59 Å². The third kappa shape index (κ3) is 3.74. The van der Waals surface area contributed by atoms with Crippen molar-refractivity contribution in [2.75, 3.05) is 17.6 Å². The summed E-state index contributed by atoms with van der Waals surface area (Å²) in [4.78, 5) is 23.3. The molecule has 0 bridgehead atoms. The zero-order valence-corrected chi connectivity index (χ0v) is 12.0. The van der Waals surface area contributed by atoms with Crippen molar-refractivity contribution in [3.8, 4) is 0 Å². The van der Waals surface area contributed by atoms with Crippen LogP contribution >= 0.6 is 27.7 Å². The summed E-state index contributed by atoms with van der Waals surface area (Å²) in [5.41, 5.74) is 0.740. The third-order valence-electron chi connectivity index (χ3n) is 2.51. The molecule has 1 atom stereocenters. The fourth-order valence-corrected chi connectivity index (χ4v) is 2.90. The summed E-state index contributed by atoms with van der Waals surface area (Å²) in [7, 11) is 0. The predicted molar refractivity (Wildman–Crippen MR) is 76.6 cm³/mol. The number of amides is 2. The molecule has 1 fully saturated rings. The van der Waals surface area contributed by atoms with E-state index in [0.717, 1.165) is 15.9 Å². The lowest BCUT2D eigenvalue weighted by Gasteiger charge is -2.20. The Kier molecular flexibility index (Phi) is 4.66. The Bertz CT molecular complexity index is 450. The van der Waals surface area contributed by atoms with E-state index in [2.05, 4.69) is 26.6 Å². The predicted octanol–water partition coefficient (Wildman–Crippen LogP) is 2.01. The van der Waals surface area contributed by atoms with E-state index in [1.807, 2.05) is 24.3 Å². The van der Waals surface area contributed by atoms with Gasteiger partial charge in [0.1, 0.15) is 0 Å². The Morgan fingerprint density at radius 3 is 2.83 bits per heavy atom. The molecule has 1 aromatic carbocycles. The Labute approximate surface area is 118 Å². The monoisotopic (exact) mass is 328 g/mol. The van der Waals surface area contributed by atoms with Gasteiger partial charge in [0.05, 0.1) is 5.25 Å². The van der Waals surface area contributed by atoms with Crippen LogP contribution in [0.15, 0.2) is 28.7 Å². The first kappa shape index (κ1) is 13.4. The minimum absolute atomic E-state index is 0.0443. The van der Waals surface area contributed by atoms with Gasteiger partial charge in [-0.1, -0.05) is 15.9 Å². The summed E-state index contributed by atoms with van der Waals surface area (Å²) in [5, 5.41) is 5.28. The lowest BCUT2D eigenvalue weighted by atomic mass is 10.2. The molecule has 4 nitrogen and oxygen atoms in total. The molecule has 1 saturated heterocycles. The van der Waals surface area contributed by atoms with Crippen LogP contribution in [-0.4, -0.2) is 29.4 Å². The van der Waals surface area contributed by atoms with Gasteiger partial charge in [0.15, 0.2) is 0 Å². The van der Waals surface area contributed by atoms with Crippen molar-refractivity contribution >= 4 is 45.2 Å². The highest BCUT2D eigenvalue weighted by Gasteiger charge is 2.25. The number of hydrogen-bond donors (Lipinski definition) is 2. The van der Waals surface area contributed by atoms with Gasteiger partial charge in [-0.3, -0.25) is 9.59 Å². The third-order valence-corrected chi connectivity index (χ3v) is 4.26. The molecule has 2 N–H and O–H groups in total. The Balaban J connectivity index is 1.88. The summed E-state index contributed by atoms with van der Waals surface area (Å²) < 4.78 is 0.961. The topological polar surface area (TPSA) is 58.2 Å². The molecular weight excluding hydrogens is 316 g/mol. The molecule has 1 aliphatic rings. The second-order valence-corrected chi connectivity index (χ2v) is 6.14. The van der Waals surface area contributed by atoms with Crippen LogP contribution in [0.5, 0.6) is 0 Å². The van der Waals surface area contributed by atoms with Gasteiger partial charge in [0, 0.05) is 28.9 Å². The normalized spacial score (nSPS) is 19.2. The van der Waals surface area contributed by atoms with Gasteiger partial charge in [0.2, 0.25) is 11.8 Å². The molecule has 18 heavy (non-hydrogen) atoms. The molecule has 96 valence electrons. The molecule has 2 amide bonds. The van der Waals surface area contributed by atoms with Crippen molar-refractivity contribution < 1.29 is 9.59 Å². The fraction of sp³-hybridized carbons (Fsp3) is 0.333. The first-order valence-electron chi connectivity index (χ1n) is 5.60. The van der Waals surface area contributed by atoms with Crippen molar-refractivity contribution in [1.82, 2.24) is 5.32 Å². The molecule has 1 aliphatic heterocycles. The number of carbonyl (C=O) groups is 2. The molecule has 2 rings (SSSR count). The first-order chi connectivity index (χ1) is 8.65. The maximum absolute atomic E-state index is 11.8. The van der Waals surface area contributed by atoms with E-state index in [1.54, 1.807) is 0 Å². The van der Waals surface area contributed by atoms with E-state index in [-0.39, 0.29) is 23.5 Å². The van der Waals surface area contributed by atoms with Gasteiger partial charge in [-0.05, 0) is 24.3 Å². The van der Waals surface area contributed by atoms with E-state index in [1.165, 1.54) is 11.8 Å². The highest BCUT2D eigenvalue weighted by molar-refractivity contribution is 9.10. The highest BCUT2D eigenvalue weighted by atomic mass is 79.9. The van der Waals surface area contributed by atoms with E-state index >= 15 is 0 Å². The number of halogens is 1. The zero-order chi connectivity index (χ0) is 13.0. The van der Waals surface area contributed by atoms with Gasteiger partial charge in [-0.15, -0.1) is 11.8 Å². The van der Waals surface area contributed by atoms with Gasteiger partial charge >= 0.3 is 0 Å². The number of benzene rings is 1. The quantitative estimate of drug-likeness (QED) is 0.892. The first-order valence-corrected chi connectivity index (χ1v) is 7.44. The van der Waals surface area contributed by atoms with Crippen LogP contribution in [0, 0.1) is 0 Å². The average Bonchev–Trinajstić information content (AvgIpc) is 2.35. The van der Waals surface area contributed by atoms with Crippen molar-refractivity contribution in [2.24, 2.45) is 0 Å². The molecule has 1 aromatic rings. The lowest BCUT2D eigenvalue weighted by Crippen LogP contribution is -2.40. The summed E-state index contributed by atoms with van der Waals surface area (Å²) in [6, 6.07) is 7.35. The molecule has 0 spiro atoms. The maximum Gasteiger partial charge on any atom is 0.233 e. The summed E-state index contributed by atoms with van der Waals surface area (Å²) >= 11 is 4.86. The van der Waals surface area contributed by atoms with Crippen molar-refractivity contribution in [2.45, 2.75) is 11.7 Å². The minimum atomic E-state index is -0.269. The Morgan fingerprint density at radius 1 is 1.44 bits per heavy atom. The molecule has 0 aliphatic carbocycles. The zero-order valence-electron chi connectivity index (χ0n) is 9.61. The number of anilines is 1. The van der Waals surface area contributed by atoms with Crippen LogP contribution in [0.4, 0.5) is 5.69 Å². The van der Waals surface area contributed by atoms with Gasteiger partial charge in [-0.2, -0.15) is 0 Å².